The molecule has 110 valence electrons. The third kappa shape index (κ3) is 3.27. The van der Waals surface area contributed by atoms with Crippen LogP contribution in [0.2, 0.25) is 0 Å². The van der Waals surface area contributed by atoms with Crippen LogP contribution in [-0.2, 0) is 4.74 Å². The highest BCUT2D eigenvalue weighted by molar-refractivity contribution is 7.80. The Morgan fingerprint density at radius 2 is 2.25 bits per heavy atom. The van der Waals surface area contributed by atoms with Gasteiger partial charge in [-0.3, -0.25) is 0 Å². The van der Waals surface area contributed by atoms with Gasteiger partial charge >= 0.3 is 0 Å². The molecule has 0 heterocycles. The van der Waals surface area contributed by atoms with E-state index in [1.807, 2.05) is 6.07 Å². The van der Waals surface area contributed by atoms with Crippen molar-refractivity contribution in [2.24, 2.45) is 11.7 Å². The average molecular weight is 296 g/mol. The molecule has 20 heavy (non-hydrogen) atoms. The lowest BCUT2D eigenvalue weighted by atomic mass is 10.1. The highest BCUT2D eigenvalue weighted by atomic mass is 32.1. The molecule has 0 amide bonds. The second-order valence-electron chi connectivity index (χ2n) is 5.26. The minimum absolute atomic E-state index is 0.100. The number of hydrogen-bond donors (Lipinski definition) is 1. The maximum absolute atomic E-state index is 14.0. The van der Waals surface area contributed by atoms with E-state index in [2.05, 4.69) is 11.8 Å². The first-order valence-electron chi connectivity index (χ1n) is 6.90. The molecule has 1 aromatic carbocycles. The zero-order chi connectivity index (χ0) is 14.7. The molecule has 1 aliphatic carbocycles. The summed E-state index contributed by atoms with van der Waals surface area (Å²) in [5.74, 6) is 0.301. The van der Waals surface area contributed by atoms with Crippen LogP contribution in [0.5, 0.6) is 0 Å². The Morgan fingerprint density at radius 1 is 1.55 bits per heavy atom. The molecule has 1 atom stereocenters. The number of nitrogens with zero attached hydrogens (tertiary/aromatic N) is 1. The van der Waals surface area contributed by atoms with Crippen molar-refractivity contribution in [3.8, 4) is 0 Å². The van der Waals surface area contributed by atoms with Crippen molar-refractivity contribution in [3.05, 3.63) is 29.6 Å². The van der Waals surface area contributed by atoms with Crippen LogP contribution in [-0.4, -0.2) is 31.3 Å². The third-order valence-electron chi connectivity index (χ3n) is 3.88. The number of anilines is 1. The van der Waals surface area contributed by atoms with E-state index in [-0.39, 0.29) is 10.8 Å². The van der Waals surface area contributed by atoms with Crippen LogP contribution in [0.4, 0.5) is 10.1 Å². The van der Waals surface area contributed by atoms with Crippen molar-refractivity contribution in [2.75, 3.05) is 25.2 Å². The van der Waals surface area contributed by atoms with Crippen LogP contribution in [0.15, 0.2) is 18.2 Å². The highest BCUT2D eigenvalue weighted by Crippen LogP contribution is 2.38. The molecular formula is C15H21FN2OS. The van der Waals surface area contributed by atoms with Crippen LogP contribution in [0.1, 0.15) is 25.3 Å². The Bertz CT molecular complexity index is 491. The summed E-state index contributed by atoms with van der Waals surface area (Å²) in [7, 11) is 1.67. The number of benzene rings is 1. The van der Waals surface area contributed by atoms with Gasteiger partial charge in [-0.15, -0.1) is 0 Å². The molecule has 0 radical (unpaired) electrons. The summed E-state index contributed by atoms with van der Waals surface area (Å²) in [5, 5.41) is 0. The Morgan fingerprint density at radius 3 is 2.80 bits per heavy atom. The quantitative estimate of drug-likeness (QED) is 0.785. The summed E-state index contributed by atoms with van der Waals surface area (Å²) in [6.45, 7) is 3.46. The molecule has 0 spiro atoms. The molecule has 0 bridgehead atoms. The summed E-state index contributed by atoms with van der Waals surface area (Å²) in [6, 6.07) is 5.31. The molecule has 1 fully saturated rings. The molecule has 1 unspecified atom stereocenters. The molecule has 0 aromatic heterocycles. The molecule has 2 rings (SSSR count). The van der Waals surface area contributed by atoms with Gasteiger partial charge in [0.05, 0.1) is 17.9 Å². The average Bonchev–Trinajstić information content (AvgIpc) is 3.22. The predicted octanol–water partition coefficient (Wildman–Crippen LogP) is 2.71. The topological polar surface area (TPSA) is 38.5 Å². The zero-order valence-electron chi connectivity index (χ0n) is 11.9. The smallest absolute Gasteiger partial charge is 0.135 e. The van der Waals surface area contributed by atoms with Gasteiger partial charge in [0.1, 0.15) is 10.8 Å². The number of ether oxygens (including phenoxy) is 1. The first-order chi connectivity index (χ1) is 9.56. The molecule has 3 nitrogen and oxygen atoms in total. The van der Waals surface area contributed by atoms with Gasteiger partial charge in [-0.25, -0.2) is 4.39 Å². The second kappa shape index (κ2) is 6.50. The third-order valence-corrected chi connectivity index (χ3v) is 4.08. The van der Waals surface area contributed by atoms with Crippen molar-refractivity contribution in [1.29, 1.82) is 0 Å². The molecule has 2 N–H and O–H groups in total. The van der Waals surface area contributed by atoms with Crippen LogP contribution in [0.25, 0.3) is 0 Å². The summed E-state index contributed by atoms with van der Waals surface area (Å²) >= 11 is 5.02. The number of halogens is 1. The fraction of sp³-hybridized carbons (Fsp3) is 0.533. The number of thiocarbonyl (C=S) groups is 1. The lowest BCUT2D eigenvalue weighted by Gasteiger charge is -2.33. The van der Waals surface area contributed by atoms with E-state index in [0.29, 0.717) is 30.7 Å². The first kappa shape index (κ1) is 15.2. The van der Waals surface area contributed by atoms with Crippen molar-refractivity contribution < 1.29 is 9.13 Å². The van der Waals surface area contributed by atoms with Gasteiger partial charge in [0.15, 0.2) is 0 Å². The minimum Gasteiger partial charge on any atom is -0.389 e. The Hall–Kier alpha value is -1.20. The van der Waals surface area contributed by atoms with E-state index in [1.54, 1.807) is 13.2 Å². The van der Waals surface area contributed by atoms with Crippen molar-refractivity contribution in [2.45, 2.75) is 25.8 Å². The monoisotopic (exact) mass is 296 g/mol. The van der Waals surface area contributed by atoms with Gasteiger partial charge in [0, 0.05) is 19.7 Å². The predicted molar refractivity (Wildman–Crippen MR) is 83.7 cm³/mol. The molecule has 0 saturated heterocycles. The van der Waals surface area contributed by atoms with Gasteiger partial charge in [0.25, 0.3) is 0 Å². The number of methoxy groups -OCH3 is 1. The molecule has 1 aromatic rings. The minimum atomic E-state index is -0.361. The fourth-order valence-electron chi connectivity index (χ4n) is 2.56. The van der Waals surface area contributed by atoms with Gasteiger partial charge in [-0.2, -0.15) is 0 Å². The number of rotatable bonds is 7. The summed E-state index contributed by atoms with van der Waals surface area (Å²) in [5.41, 5.74) is 6.82. The summed E-state index contributed by atoms with van der Waals surface area (Å²) < 4.78 is 19.2. The van der Waals surface area contributed by atoms with E-state index >= 15 is 0 Å². The van der Waals surface area contributed by atoms with E-state index in [9.17, 15) is 4.39 Å². The lowest BCUT2D eigenvalue weighted by Crippen LogP contribution is -2.38. The largest absolute Gasteiger partial charge is 0.389 e. The van der Waals surface area contributed by atoms with Gasteiger partial charge in [-0.1, -0.05) is 18.3 Å². The van der Waals surface area contributed by atoms with E-state index in [4.69, 9.17) is 22.7 Å². The number of hydrogen-bond acceptors (Lipinski definition) is 3. The SMILES string of the molecule is COCCN(c1cccc(F)c1C(N)=S)C(C)C1CC1. The van der Waals surface area contributed by atoms with Crippen LogP contribution >= 0.6 is 12.2 Å². The Balaban J connectivity index is 2.36. The second-order valence-corrected chi connectivity index (χ2v) is 5.70. The van der Waals surface area contributed by atoms with E-state index < -0.39 is 0 Å². The van der Waals surface area contributed by atoms with Gasteiger partial charge < -0.3 is 15.4 Å². The normalized spacial score (nSPS) is 15.9. The van der Waals surface area contributed by atoms with Crippen molar-refractivity contribution >= 4 is 22.9 Å². The van der Waals surface area contributed by atoms with Crippen molar-refractivity contribution in [1.82, 2.24) is 0 Å². The van der Waals surface area contributed by atoms with Gasteiger partial charge in [-0.05, 0) is 37.8 Å². The maximum Gasteiger partial charge on any atom is 0.135 e. The Labute approximate surface area is 124 Å². The van der Waals surface area contributed by atoms with Crippen molar-refractivity contribution in [3.63, 3.8) is 0 Å². The van der Waals surface area contributed by atoms with Crippen LogP contribution in [0.3, 0.4) is 0 Å². The van der Waals surface area contributed by atoms with Crippen LogP contribution in [0, 0.1) is 11.7 Å². The van der Waals surface area contributed by atoms with Gasteiger partial charge in [0.2, 0.25) is 0 Å². The molecule has 1 aliphatic rings. The molecule has 5 heteroatoms. The van der Waals surface area contributed by atoms with E-state index in [0.717, 1.165) is 5.69 Å². The highest BCUT2D eigenvalue weighted by Gasteiger charge is 2.33. The Kier molecular flexibility index (Phi) is 4.94. The van der Waals surface area contributed by atoms with E-state index in [1.165, 1.54) is 18.9 Å². The molecule has 1 saturated carbocycles. The molecular weight excluding hydrogens is 275 g/mol. The fourth-order valence-corrected chi connectivity index (χ4v) is 2.76. The standard InChI is InChI=1S/C15H21FN2OS/c1-10(11-6-7-11)18(8-9-19-2)13-5-3-4-12(16)14(13)15(17)20/h3-5,10-11H,6-9H2,1-2H3,(H2,17,20). The maximum atomic E-state index is 14.0. The lowest BCUT2D eigenvalue weighted by molar-refractivity contribution is 0.202. The summed E-state index contributed by atoms with van der Waals surface area (Å²) in [6.07, 6.45) is 2.45. The van der Waals surface area contributed by atoms with Crippen LogP contribution < -0.4 is 10.6 Å². The number of nitrogens with two attached hydrogens (primary N) is 1. The zero-order valence-corrected chi connectivity index (χ0v) is 12.8. The summed E-state index contributed by atoms with van der Waals surface area (Å²) in [4.78, 5) is 2.27. The first-order valence-corrected chi connectivity index (χ1v) is 7.31. The molecule has 0 aliphatic heterocycles.